The fraction of sp³-hybridized carbons (Fsp3) is 0.231. The summed E-state index contributed by atoms with van der Waals surface area (Å²) in [5, 5.41) is 14.8. The number of aromatic nitrogens is 2. The molecular formula is C13H13N3O4S. The summed E-state index contributed by atoms with van der Waals surface area (Å²) in [6, 6.07) is 1.73. The van der Waals surface area contributed by atoms with E-state index in [0.717, 1.165) is 16.5 Å². The second-order valence-electron chi connectivity index (χ2n) is 4.17. The number of aliphatic carboxylic acids is 1. The average molecular weight is 307 g/mol. The van der Waals surface area contributed by atoms with Gasteiger partial charge in [-0.05, 0) is 24.6 Å². The molecule has 0 radical (unpaired) electrons. The molecule has 1 amide bonds. The predicted molar refractivity (Wildman–Crippen MR) is 76.1 cm³/mol. The maximum Gasteiger partial charge on any atom is 0.328 e. The molecule has 2 N–H and O–H groups in total. The molecule has 0 bridgehead atoms. The Hall–Kier alpha value is -2.48. The van der Waals surface area contributed by atoms with Gasteiger partial charge in [0.1, 0.15) is 0 Å². The van der Waals surface area contributed by atoms with Gasteiger partial charge in [0.05, 0.1) is 4.88 Å². The Morgan fingerprint density at radius 1 is 1.52 bits per heavy atom. The SMILES string of the molecule is Cc1cc(C(=O)NCCc2ncno2)sc1/C=C/C(=O)O. The molecule has 21 heavy (non-hydrogen) atoms. The van der Waals surface area contributed by atoms with Gasteiger partial charge < -0.3 is 14.9 Å². The zero-order valence-electron chi connectivity index (χ0n) is 11.2. The molecule has 110 valence electrons. The van der Waals surface area contributed by atoms with Crippen LogP contribution in [-0.4, -0.2) is 33.7 Å². The molecule has 7 nitrogen and oxygen atoms in total. The van der Waals surface area contributed by atoms with E-state index >= 15 is 0 Å². The highest BCUT2D eigenvalue weighted by Gasteiger charge is 2.11. The molecule has 0 fully saturated rings. The van der Waals surface area contributed by atoms with Crippen molar-refractivity contribution in [2.24, 2.45) is 0 Å². The molecular weight excluding hydrogens is 294 g/mol. The van der Waals surface area contributed by atoms with Crippen LogP contribution < -0.4 is 5.32 Å². The second-order valence-corrected chi connectivity index (χ2v) is 5.25. The lowest BCUT2D eigenvalue weighted by Gasteiger charge is -2.00. The van der Waals surface area contributed by atoms with E-state index in [9.17, 15) is 9.59 Å². The molecule has 2 rings (SSSR count). The third-order valence-electron chi connectivity index (χ3n) is 2.59. The van der Waals surface area contributed by atoms with Crippen LogP contribution in [0.5, 0.6) is 0 Å². The van der Waals surface area contributed by atoms with E-state index in [0.29, 0.717) is 23.7 Å². The first kappa shape index (κ1) is 14.9. The minimum Gasteiger partial charge on any atom is -0.478 e. The number of nitrogens with one attached hydrogen (secondary N) is 1. The number of carbonyl (C=O) groups is 2. The van der Waals surface area contributed by atoms with Crippen LogP contribution in [-0.2, 0) is 11.2 Å². The van der Waals surface area contributed by atoms with Gasteiger partial charge >= 0.3 is 5.97 Å². The number of thiophene rings is 1. The number of aryl methyl sites for hydroxylation is 1. The lowest BCUT2D eigenvalue weighted by molar-refractivity contribution is -0.131. The first-order chi connectivity index (χ1) is 10.1. The van der Waals surface area contributed by atoms with E-state index in [1.165, 1.54) is 23.7 Å². The summed E-state index contributed by atoms with van der Waals surface area (Å²) in [5.41, 5.74) is 0.861. The highest BCUT2D eigenvalue weighted by atomic mass is 32.1. The summed E-state index contributed by atoms with van der Waals surface area (Å²) < 4.78 is 4.82. The number of amides is 1. The lowest BCUT2D eigenvalue weighted by Crippen LogP contribution is -2.24. The average Bonchev–Trinajstić information content (AvgIpc) is 3.06. The van der Waals surface area contributed by atoms with Gasteiger partial charge in [0.15, 0.2) is 6.33 Å². The summed E-state index contributed by atoms with van der Waals surface area (Å²) in [6.07, 6.45) is 4.30. The van der Waals surface area contributed by atoms with Gasteiger partial charge in [-0.2, -0.15) is 4.98 Å². The Balaban J connectivity index is 1.93. The fourth-order valence-electron chi connectivity index (χ4n) is 1.60. The Labute approximate surface area is 124 Å². The van der Waals surface area contributed by atoms with Crippen molar-refractivity contribution in [3.8, 4) is 0 Å². The fourth-order valence-corrected chi connectivity index (χ4v) is 2.59. The van der Waals surface area contributed by atoms with Crippen LogP contribution in [0.1, 0.15) is 26.0 Å². The van der Waals surface area contributed by atoms with Gasteiger partial charge in [-0.3, -0.25) is 4.79 Å². The van der Waals surface area contributed by atoms with E-state index in [4.69, 9.17) is 9.63 Å². The normalized spacial score (nSPS) is 10.9. The molecule has 0 aliphatic carbocycles. The van der Waals surface area contributed by atoms with E-state index in [-0.39, 0.29) is 5.91 Å². The third kappa shape index (κ3) is 4.25. The number of carbonyl (C=O) groups excluding carboxylic acids is 1. The number of hydrogen-bond acceptors (Lipinski definition) is 6. The van der Waals surface area contributed by atoms with Crippen LogP contribution in [0.25, 0.3) is 6.08 Å². The van der Waals surface area contributed by atoms with Crippen molar-refractivity contribution in [3.63, 3.8) is 0 Å². The van der Waals surface area contributed by atoms with E-state index < -0.39 is 5.97 Å². The van der Waals surface area contributed by atoms with Crippen molar-refractivity contribution in [1.29, 1.82) is 0 Å². The zero-order chi connectivity index (χ0) is 15.2. The summed E-state index contributed by atoms with van der Waals surface area (Å²) in [4.78, 5) is 27.6. The molecule has 0 spiro atoms. The van der Waals surface area contributed by atoms with Gasteiger partial charge in [-0.25, -0.2) is 4.79 Å². The van der Waals surface area contributed by atoms with Crippen LogP contribution in [0.15, 0.2) is 23.0 Å². The molecule has 2 heterocycles. The highest BCUT2D eigenvalue weighted by Crippen LogP contribution is 2.23. The molecule has 0 saturated carbocycles. The monoisotopic (exact) mass is 307 g/mol. The standard InChI is InChI=1S/C13H13N3O4S/c1-8-6-10(21-9(8)2-3-12(17)18)13(19)14-5-4-11-15-7-16-20-11/h2-3,6-7H,4-5H2,1H3,(H,14,19)(H,17,18)/b3-2+. The Morgan fingerprint density at radius 3 is 3.00 bits per heavy atom. The van der Waals surface area contributed by atoms with Crippen molar-refractivity contribution < 1.29 is 19.2 Å². The topological polar surface area (TPSA) is 105 Å². The summed E-state index contributed by atoms with van der Waals surface area (Å²) in [6.45, 7) is 2.21. The smallest absolute Gasteiger partial charge is 0.328 e. The maximum atomic E-state index is 12.0. The molecule has 0 aromatic carbocycles. The maximum absolute atomic E-state index is 12.0. The summed E-state index contributed by atoms with van der Waals surface area (Å²) >= 11 is 1.24. The molecule has 2 aromatic heterocycles. The van der Waals surface area contributed by atoms with Gasteiger partial charge in [-0.15, -0.1) is 11.3 Å². The molecule has 0 saturated heterocycles. The van der Waals surface area contributed by atoms with E-state index in [1.54, 1.807) is 6.07 Å². The number of nitrogens with zero attached hydrogens (tertiary/aromatic N) is 2. The minimum atomic E-state index is -1.02. The van der Waals surface area contributed by atoms with Gasteiger partial charge in [-0.1, -0.05) is 5.16 Å². The number of hydrogen-bond donors (Lipinski definition) is 2. The van der Waals surface area contributed by atoms with Gasteiger partial charge in [0, 0.05) is 23.9 Å². The quantitative estimate of drug-likeness (QED) is 0.784. The van der Waals surface area contributed by atoms with E-state index in [1.807, 2.05) is 6.92 Å². The first-order valence-corrected chi connectivity index (χ1v) is 6.93. The predicted octanol–water partition coefficient (Wildman–Crippen LogP) is 1.51. The Morgan fingerprint density at radius 2 is 2.33 bits per heavy atom. The molecule has 0 unspecified atom stereocenters. The Bertz CT molecular complexity index is 661. The molecule has 8 heteroatoms. The summed E-state index contributed by atoms with van der Waals surface area (Å²) in [7, 11) is 0. The van der Waals surface area contributed by atoms with Crippen LogP contribution in [0.3, 0.4) is 0 Å². The minimum absolute atomic E-state index is 0.211. The third-order valence-corrected chi connectivity index (χ3v) is 3.79. The summed E-state index contributed by atoms with van der Waals surface area (Å²) in [5.74, 6) is -0.770. The number of carboxylic acids is 1. The molecule has 0 aliphatic rings. The Kier molecular flexibility index (Phi) is 4.83. The number of rotatable bonds is 6. The van der Waals surface area contributed by atoms with Crippen molar-refractivity contribution in [3.05, 3.63) is 39.7 Å². The van der Waals surface area contributed by atoms with Gasteiger partial charge in [0.25, 0.3) is 5.91 Å². The highest BCUT2D eigenvalue weighted by molar-refractivity contribution is 7.15. The molecule has 0 aliphatic heterocycles. The number of carboxylic acid groups (broad SMARTS) is 1. The first-order valence-electron chi connectivity index (χ1n) is 6.11. The van der Waals surface area contributed by atoms with Crippen LogP contribution in [0, 0.1) is 6.92 Å². The molecule has 2 aromatic rings. The van der Waals surface area contributed by atoms with Crippen LogP contribution >= 0.6 is 11.3 Å². The van der Waals surface area contributed by atoms with Crippen LogP contribution in [0.2, 0.25) is 0 Å². The van der Waals surface area contributed by atoms with Gasteiger partial charge in [0.2, 0.25) is 5.89 Å². The van der Waals surface area contributed by atoms with Crippen molar-refractivity contribution in [1.82, 2.24) is 15.5 Å². The lowest BCUT2D eigenvalue weighted by atomic mass is 10.2. The van der Waals surface area contributed by atoms with Crippen molar-refractivity contribution in [2.45, 2.75) is 13.3 Å². The largest absolute Gasteiger partial charge is 0.478 e. The van der Waals surface area contributed by atoms with Crippen LogP contribution in [0.4, 0.5) is 0 Å². The molecule has 0 atom stereocenters. The van der Waals surface area contributed by atoms with Crippen molar-refractivity contribution >= 4 is 29.3 Å². The zero-order valence-corrected chi connectivity index (χ0v) is 12.0. The van der Waals surface area contributed by atoms with Crippen molar-refractivity contribution in [2.75, 3.05) is 6.54 Å². The van der Waals surface area contributed by atoms with E-state index in [2.05, 4.69) is 15.5 Å². The second kappa shape index (κ2) is 6.80.